The molecule has 4 aromatic rings. The number of benzene rings is 4. The van der Waals surface area contributed by atoms with Gasteiger partial charge in [-0.15, -0.1) is 0 Å². The van der Waals surface area contributed by atoms with E-state index in [0.29, 0.717) is 12.8 Å². The third-order valence-electron chi connectivity index (χ3n) is 6.28. The summed E-state index contributed by atoms with van der Waals surface area (Å²) in [5.41, 5.74) is 7.55. The topological polar surface area (TPSA) is 46.2 Å². The van der Waals surface area contributed by atoms with E-state index < -0.39 is 11.0 Å². The summed E-state index contributed by atoms with van der Waals surface area (Å²) in [4.78, 5) is 13.3. The van der Waals surface area contributed by atoms with Crippen molar-refractivity contribution in [3.8, 4) is 11.1 Å². The smallest absolute Gasteiger partial charge is 0.150 e. The summed E-state index contributed by atoms with van der Waals surface area (Å²) in [5, 5.41) is 0. The van der Waals surface area contributed by atoms with Crippen LogP contribution in [-0.2, 0) is 35.0 Å². The Hall–Kier alpha value is -3.76. The quantitative estimate of drug-likeness (QED) is 0.288. The van der Waals surface area contributed by atoms with E-state index >= 15 is 0 Å². The number of ketones is 1. The number of nitrogens with one attached hydrogen (secondary N) is 1. The summed E-state index contributed by atoms with van der Waals surface area (Å²) in [7, 11) is -1.41. The number of fused-ring (bicyclic) bond motifs is 1. The molecule has 1 atom stereocenters. The average Bonchev–Trinajstić information content (AvgIpc) is 3.37. The van der Waals surface area contributed by atoms with Crippen molar-refractivity contribution in [2.45, 2.75) is 30.6 Å². The fraction of sp³-hybridized carbons (Fsp3) is 0.129. The Labute approximate surface area is 209 Å². The van der Waals surface area contributed by atoms with Gasteiger partial charge in [-0.3, -0.25) is 4.79 Å². The molecule has 0 aliphatic heterocycles. The van der Waals surface area contributed by atoms with Crippen LogP contribution in [0.1, 0.15) is 28.7 Å². The van der Waals surface area contributed by atoms with E-state index in [0.717, 1.165) is 40.1 Å². The third kappa shape index (κ3) is 5.67. The molecule has 0 fully saturated rings. The number of hydrogen-bond donors (Lipinski definition) is 1. The lowest BCUT2D eigenvalue weighted by molar-refractivity contribution is -0.118. The highest BCUT2D eigenvalue weighted by Crippen LogP contribution is 2.27. The van der Waals surface area contributed by atoms with Gasteiger partial charge in [0, 0.05) is 18.5 Å². The van der Waals surface area contributed by atoms with Crippen molar-refractivity contribution in [2.24, 2.45) is 0 Å². The molecule has 0 amide bonds. The van der Waals surface area contributed by atoms with Gasteiger partial charge in [0.2, 0.25) is 0 Å². The first-order chi connectivity index (χ1) is 17.2. The normalized spacial score (nSPS) is 12.8. The molecule has 0 heterocycles. The van der Waals surface area contributed by atoms with E-state index in [2.05, 4.69) is 35.1 Å². The predicted molar refractivity (Wildman–Crippen MR) is 145 cm³/mol. The van der Waals surface area contributed by atoms with Gasteiger partial charge >= 0.3 is 0 Å². The molecule has 0 aromatic heterocycles. The molecule has 3 nitrogen and oxygen atoms in total. The van der Waals surface area contributed by atoms with Gasteiger partial charge < -0.3 is 4.72 Å². The lowest BCUT2D eigenvalue weighted by atomic mass is 9.99. The van der Waals surface area contributed by atoms with Crippen LogP contribution < -0.4 is 4.72 Å². The maximum atomic E-state index is 13.1. The largest absolute Gasteiger partial charge is 0.301 e. The summed E-state index contributed by atoms with van der Waals surface area (Å²) >= 11 is 0. The van der Waals surface area contributed by atoms with E-state index in [1.165, 1.54) is 16.7 Å². The molecule has 0 saturated carbocycles. The van der Waals surface area contributed by atoms with Gasteiger partial charge in [-0.05, 0) is 64.4 Å². The van der Waals surface area contributed by atoms with Crippen molar-refractivity contribution >= 4 is 28.5 Å². The molecule has 0 bridgehead atoms. The van der Waals surface area contributed by atoms with Gasteiger partial charge in [0.05, 0.1) is 4.90 Å². The van der Waals surface area contributed by atoms with E-state index in [1.54, 1.807) is 0 Å². The fourth-order valence-electron chi connectivity index (χ4n) is 4.39. The van der Waals surface area contributed by atoms with Crippen LogP contribution in [0.25, 0.3) is 17.2 Å². The van der Waals surface area contributed by atoms with Gasteiger partial charge in [0.25, 0.3) is 0 Å². The highest BCUT2D eigenvalue weighted by atomic mass is 32.2. The second-order valence-corrected chi connectivity index (χ2v) is 9.97. The zero-order chi connectivity index (χ0) is 24.0. The highest BCUT2D eigenvalue weighted by Gasteiger charge is 2.12. The third-order valence-corrected chi connectivity index (χ3v) is 7.45. The molecule has 1 unspecified atom stereocenters. The van der Waals surface area contributed by atoms with Crippen molar-refractivity contribution in [3.05, 3.63) is 125 Å². The molecule has 174 valence electrons. The standard InChI is InChI=1S/C31H27NO2S/c33-29(20-16-23-13-17-25-9-6-10-27(25)21-23)22-24-14-18-28(19-15-24)32-35(34)31-12-5-4-11-30(31)26-7-2-1-3-8-26/h1-8,10-15,17-19,21,32H,9,16,20,22H2. The van der Waals surface area contributed by atoms with E-state index in [-0.39, 0.29) is 5.78 Å². The minimum Gasteiger partial charge on any atom is -0.301 e. The number of rotatable bonds is 9. The lowest BCUT2D eigenvalue weighted by Crippen LogP contribution is -2.07. The van der Waals surface area contributed by atoms with Crippen molar-refractivity contribution in [1.29, 1.82) is 0 Å². The molecule has 0 spiro atoms. The maximum Gasteiger partial charge on any atom is 0.150 e. The summed E-state index contributed by atoms with van der Waals surface area (Å²) in [6.45, 7) is 0. The Morgan fingerprint density at radius 2 is 1.57 bits per heavy atom. The van der Waals surface area contributed by atoms with Crippen LogP contribution in [0.5, 0.6) is 0 Å². The molecule has 0 saturated heterocycles. The molecule has 1 aliphatic carbocycles. The molecular weight excluding hydrogens is 450 g/mol. The molecule has 35 heavy (non-hydrogen) atoms. The predicted octanol–water partition coefficient (Wildman–Crippen LogP) is 6.80. The van der Waals surface area contributed by atoms with E-state index in [9.17, 15) is 9.00 Å². The van der Waals surface area contributed by atoms with Crippen molar-refractivity contribution in [2.75, 3.05) is 4.72 Å². The number of Topliss-reactive ketones (excluding diaryl/α,β-unsaturated/α-hetero) is 1. The molecule has 0 radical (unpaired) electrons. The van der Waals surface area contributed by atoms with Gasteiger partial charge in [-0.2, -0.15) is 0 Å². The molecule has 4 heteroatoms. The minimum atomic E-state index is -1.41. The highest BCUT2D eigenvalue weighted by molar-refractivity contribution is 7.86. The first kappa shape index (κ1) is 23.0. The van der Waals surface area contributed by atoms with E-state index in [4.69, 9.17) is 0 Å². The first-order valence-electron chi connectivity index (χ1n) is 11.9. The van der Waals surface area contributed by atoms with Crippen molar-refractivity contribution in [3.63, 3.8) is 0 Å². The molecule has 4 aromatic carbocycles. The monoisotopic (exact) mass is 477 g/mol. The van der Waals surface area contributed by atoms with Crippen LogP contribution in [-0.4, -0.2) is 9.99 Å². The second-order valence-electron chi connectivity index (χ2n) is 8.79. The lowest BCUT2D eigenvalue weighted by Gasteiger charge is -2.11. The Kier molecular flexibility index (Phi) is 7.01. The van der Waals surface area contributed by atoms with Crippen LogP contribution in [0.2, 0.25) is 0 Å². The van der Waals surface area contributed by atoms with Gasteiger partial charge in [-0.25, -0.2) is 4.21 Å². The maximum absolute atomic E-state index is 13.1. The summed E-state index contributed by atoms with van der Waals surface area (Å²) < 4.78 is 16.2. The number of allylic oxidation sites excluding steroid dienone is 1. The number of carbonyl (C=O) groups excluding carboxylic acids is 1. The summed E-state index contributed by atoms with van der Waals surface area (Å²) in [5.74, 6) is 0.224. The Morgan fingerprint density at radius 3 is 2.40 bits per heavy atom. The number of aryl methyl sites for hydroxylation is 1. The number of anilines is 1. The fourth-order valence-corrected chi connectivity index (χ4v) is 5.44. The molecule has 1 N–H and O–H groups in total. The van der Waals surface area contributed by atoms with Crippen LogP contribution in [0.3, 0.4) is 0 Å². The Bertz CT molecular complexity index is 1390. The number of carbonyl (C=O) groups is 1. The zero-order valence-corrected chi connectivity index (χ0v) is 20.3. The molecular formula is C31H27NO2S. The van der Waals surface area contributed by atoms with Crippen LogP contribution in [0.4, 0.5) is 5.69 Å². The summed E-state index contributed by atoms with van der Waals surface area (Å²) in [6.07, 6.45) is 7.04. The minimum absolute atomic E-state index is 0.224. The average molecular weight is 478 g/mol. The second kappa shape index (κ2) is 10.7. The summed E-state index contributed by atoms with van der Waals surface area (Å²) in [6, 6.07) is 31.8. The van der Waals surface area contributed by atoms with Crippen LogP contribution >= 0.6 is 0 Å². The SMILES string of the molecule is O=C(CCc1ccc2c(c1)C=CC2)Cc1ccc(NS(=O)c2ccccc2-c2ccccc2)cc1. The van der Waals surface area contributed by atoms with Crippen molar-refractivity contribution in [1.82, 2.24) is 0 Å². The zero-order valence-electron chi connectivity index (χ0n) is 19.4. The van der Waals surface area contributed by atoms with Crippen LogP contribution in [0.15, 0.2) is 108 Å². The molecule has 1 aliphatic rings. The van der Waals surface area contributed by atoms with Crippen LogP contribution in [0, 0.1) is 0 Å². The first-order valence-corrected chi connectivity index (χ1v) is 13.0. The van der Waals surface area contributed by atoms with Gasteiger partial charge in [0.15, 0.2) is 11.0 Å². The number of hydrogen-bond acceptors (Lipinski definition) is 2. The Morgan fingerprint density at radius 1 is 0.829 bits per heavy atom. The van der Waals surface area contributed by atoms with Gasteiger partial charge in [0.1, 0.15) is 5.78 Å². The van der Waals surface area contributed by atoms with Gasteiger partial charge in [-0.1, -0.05) is 91.0 Å². The van der Waals surface area contributed by atoms with E-state index in [1.807, 2.05) is 78.9 Å². The Balaban J connectivity index is 1.18. The molecule has 5 rings (SSSR count). The van der Waals surface area contributed by atoms with Crippen molar-refractivity contribution < 1.29 is 9.00 Å².